The van der Waals surface area contributed by atoms with Crippen LogP contribution in [0.15, 0.2) is 63.9 Å². The van der Waals surface area contributed by atoms with Crippen LogP contribution in [0.1, 0.15) is 24.1 Å². The average molecular weight is 450 g/mol. The zero-order valence-corrected chi connectivity index (χ0v) is 18.9. The number of hydrogen-bond acceptors (Lipinski definition) is 6. The molecule has 1 aliphatic rings. The first-order chi connectivity index (χ1) is 15.2. The fourth-order valence-corrected chi connectivity index (χ4v) is 5.58. The Bertz CT molecular complexity index is 1260. The lowest BCUT2D eigenvalue weighted by atomic mass is 10.2. The maximum Gasteiger partial charge on any atom is 0.262 e. The minimum absolute atomic E-state index is 0.00206. The first-order valence-corrected chi connectivity index (χ1v) is 12.3. The quantitative estimate of drug-likeness (QED) is 0.295. The Morgan fingerprint density at radius 1 is 1.16 bits per heavy atom. The maximum atomic E-state index is 13.2. The van der Waals surface area contributed by atoms with E-state index in [2.05, 4.69) is 36.6 Å². The van der Waals surface area contributed by atoms with Gasteiger partial charge >= 0.3 is 0 Å². The lowest BCUT2D eigenvalue weighted by Crippen LogP contribution is -2.28. The summed E-state index contributed by atoms with van der Waals surface area (Å²) in [5.74, 6) is 0.665. The van der Waals surface area contributed by atoms with Crippen LogP contribution in [0.4, 0.5) is 0 Å². The molecule has 0 N–H and O–H groups in total. The van der Waals surface area contributed by atoms with Gasteiger partial charge in [0.05, 0.1) is 29.2 Å². The molecule has 158 valence electrons. The van der Waals surface area contributed by atoms with Crippen molar-refractivity contribution in [2.45, 2.75) is 43.3 Å². The summed E-state index contributed by atoms with van der Waals surface area (Å²) in [6, 6.07) is 16.0. The number of thioether (sulfide) groups is 1. The summed E-state index contributed by atoms with van der Waals surface area (Å²) in [6.07, 6.45) is 2.10. The molecule has 0 spiro atoms. The SMILES string of the molecule is Cc1ccc(-c2nc(CSc3nc4ccccc4c(=O)n3C[C@@H]3CCCO3)cs2)cc1. The Morgan fingerprint density at radius 2 is 2.00 bits per heavy atom. The zero-order valence-electron chi connectivity index (χ0n) is 17.3. The van der Waals surface area contributed by atoms with Gasteiger partial charge in [-0.25, -0.2) is 9.97 Å². The van der Waals surface area contributed by atoms with Crippen LogP contribution in [-0.4, -0.2) is 27.2 Å². The molecule has 0 bridgehead atoms. The molecule has 0 saturated carbocycles. The predicted molar refractivity (Wildman–Crippen MR) is 127 cm³/mol. The first kappa shape index (κ1) is 20.4. The van der Waals surface area contributed by atoms with Crippen molar-refractivity contribution in [1.29, 1.82) is 0 Å². The second-order valence-electron chi connectivity index (χ2n) is 7.76. The zero-order chi connectivity index (χ0) is 21.2. The lowest BCUT2D eigenvalue weighted by Gasteiger charge is -2.16. The summed E-state index contributed by atoms with van der Waals surface area (Å²) in [7, 11) is 0. The van der Waals surface area contributed by atoms with E-state index in [1.165, 1.54) is 5.56 Å². The van der Waals surface area contributed by atoms with Crippen LogP contribution < -0.4 is 5.56 Å². The minimum Gasteiger partial charge on any atom is -0.376 e. The van der Waals surface area contributed by atoms with E-state index in [0.29, 0.717) is 17.7 Å². The molecule has 5 rings (SSSR count). The monoisotopic (exact) mass is 449 g/mol. The van der Waals surface area contributed by atoms with Crippen LogP contribution in [0.25, 0.3) is 21.5 Å². The van der Waals surface area contributed by atoms with Crippen LogP contribution in [0.3, 0.4) is 0 Å². The van der Waals surface area contributed by atoms with Crippen LogP contribution >= 0.6 is 23.1 Å². The largest absolute Gasteiger partial charge is 0.376 e. The molecule has 1 aliphatic heterocycles. The molecule has 31 heavy (non-hydrogen) atoms. The summed E-state index contributed by atoms with van der Waals surface area (Å²) in [6.45, 7) is 3.40. The Morgan fingerprint density at radius 3 is 2.81 bits per heavy atom. The van der Waals surface area contributed by atoms with Crippen molar-refractivity contribution in [2.75, 3.05) is 6.61 Å². The minimum atomic E-state index is 0.00206. The number of aromatic nitrogens is 3. The third-order valence-electron chi connectivity index (χ3n) is 5.44. The topological polar surface area (TPSA) is 57.0 Å². The average Bonchev–Trinajstić information content (AvgIpc) is 3.47. The van der Waals surface area contributed by atoms with Gasteiger partial charge in [0.1, 0.15) is 5.01 Å². The summed E-state index contributed by atoms with van der Waals surface area (Å²) in [5, 5.41) is 4.48. The Balaban J connectivity index is 1.41. The van der Waals surface area contributed by atoms with E-state index in [-0.39, 0.29) is 11.7 Å². The van der Waals surface area contributed by atoms with Gasteiger partial charge in [-0.3, -0.25) is 9.36 Å². The lowest BCUT2D eigenvalue weighted by molar-refractivity contribution is 0.0937. The number of aryl methyl sites for hydroxylation is 1. The van der Waals surface area contributed by atoms with Gasteiger partial charge in [0.25, 0.3) is 5.56 Å². The van der Waals surface area contributed by atoms with Crippen molar-refractivity contribution < 1.29 is 4.74 Å². The van der Waals surface area contributed by atoms with Crippen molar-refractivity contribution >= 4 is 34.0 Å². The summed E-state index contributed by atoms with van der Waals surface area (Å²) in [4.78, 5) is 22.8. The molecule has 4 aromatic rings. The first-order valence-electron chi connectivity index (χ1n) is 10.4. The van der Waals surface area contributed by atoms with Gasteiger partial charge in [0.2, 0.25) is 0 Å². The van der Waals surface area contributed by atoms with Crippen molar-refractivity contribution in [3.8, 4) is 10.6 Å². The predicted octanol–water partition coefficient (Wildman–Crippen LogP) is 5.30. The Kier molecular flexibility index (Phi) is 5.89. The van der Waals surface area contributed by atoms with Gasteiger partial charge in [0, 0.05) is 23.3 Å². The van der Waals surface area contributed by atoms with Crippen molar-refractivity contribution in [3.05, 3.63) is 75.5 Å². The van der Waals surface area contributed by atoms with E-state index < -0.39 is 0 Å². The van der Waals surface area contributed by atoms with Gasteiger partial charge in [-0.15, -0.1) is 11.3 Å². The third-order valence-corrected chi connectivity index (χ3v) is 7.39. The molecule has 0 radical (unpaired) electrons. The molecular formula is C24H23N3O2S2. The molecule has 0 unspecified atom stereocenters. The molecule has 7 heteroatoms. The number of ether oxygens (including phenoxy) is 1. The molecule has 2 aromatic carbocycles. The van der Waals surface area contributed by atoms with Gasteiger partial charge in [-0.05, 0) is 31.9 Å². The molecule has 2 aromatic heterocycles. The van der Waals surface area contributed by atoms with E-state index in [0.717, 1.165) is 46.4 Å². The molecule has 3 heterocycles. The highest BCUT2D eigenvalue weighted by Crippen LogP contribution is 2.28. The van der Waals surface area contributed by atoms with Crippen LogP contribution in [0.2, 0.25) is 0 Å². The number of nitrogens with zero attached hydrogens (tertiary/aromatic N) is 3. The number of hydrogen-bond donors (Lipinski definition) is 0. The second-order valence-corrected chi connectivity index (χ2v) is 9.56. The second kappa shape index (κ2) is 8.94. The van der Waals surface area contributed by atoms with Gasteiger partial charge < -0.3 is 4.74 Å². The normalized spacial score (nSPS) is 16.2. The molecular weight excluding hydrogens is 426 g/mol. The van der Waals surface area contributed by atoms with Crippen molar-refractivity contribution in [2.24, 2.45) is 0 Å². The fraction of sp³-hybridized carbons (Fsp3) is 0.292. The molecule has 0 aliphatic carbocycles. The molecule has 5 nitrogen and oxygen atoms in total. The van der Waals surface area contributed by atoms with Crippen LogP contribution in [-0.2, 0) is 17.0 Å². The number of thiazole rings is 1. The standard InChI is InChI=1S/C24H23N3O2S2/c1-16-8-10-17(11-9-16)22-25-18(14-30-22)15-31-24-26-21-7-3-2-6-20(21)23(28)27(24)13-19-5-4-12-29-19/h2-3,6-11,14,19H,4-5,12-13,15H2,1H3/t19-/m0/s1. The number of benzene rings is 2. The van der Waals surface area contributed by atoms with Gasteiger partial charge in [0.15, 0.2) is 5.16 Å². The van der Waals surface area contributed by atoms with Gasteiger partial charge in [-0.2, -0.15) is 0 Å². The van der Waals surface area contributed by atoms with Crippen LogP contribution in [0.5, 0.6) is 0 Å². The number of fused-ring (bicyclic) bond motifs is 1. The van der Waals surface area contributed by atoms with E-state index >= 15 is 0 Å². The van der Waals surface area contributed by atoms with Crippen molar-refractivity contribution in [3.63, 3.8) is 0 Å². The molecule has 1 saturated heterocycles. The highest BCUT2D eigenvalue weighted by atomic mass is 32.2. The summed E-state index contributed by atoms with van der Waals surface area (Å²) >= 11 is 3.21. The molecule has 1 atom stereocenters. The smallest absolute Gasteiger partial charge is 0.262 e. The summed E-state index contributed by atoms with van der Waals surface area (Å²) in [5.41, 5.74) is 4.10. The highest BCUT2D eigenvalue weighted by molar-refractivity contribution is 7.98. The Hall–Kier alpha value is -2.48. The van der Waals surface area contributed by atoms with Crippen molar-refractivity contribution in [1.82, 2.24) is 14.5 Å². The fourth-order valence-electron chi connectivity index (χ4n) is 3.75. The molecule has 1 fully saturated rings. The van der Waals surface area contributed by atoms with E-state index in [1.54, 1.807) is 27.7 Å². The summed E-state index contributed by atoms with van der Waals surface area (Å²) < 4.78 is 7.58. The molecule has 0 amide bonds. The number of rotatable bonds is 6. The third kappa shape index (κ3) is 4.44. The van der Waals surface area contributed by atoms with E-state index in [4.69, 9.17) is 14.7 Å². The number of para-hydroxylation sites is 1. The van der Waals surface area contributed by atoms with Gasteiger partial charge in [-0.1, -0.05) is 53.7 Å². The maximum absolute atomic E-state index is 13.2. The Labute approximate surface area is 189 Å². The van der Waals surface area contributed by atoms with E-state index in [9.17, 15) is 4.79 Å². The van der Waals surface area contributed by atoms with E-state index in [1.807, 2.05) is 24.3 Å². The van der Waals surface area contributed by atoms with Crippen LogP contribution in [0, 0.1) is 6.92 Å². The highest BCUT2D eigenvalue weighted by Gasteiger charge is 2.20.